The first-order valence-electron chi connectivity index (χ1n) is 31.2. The van der Waals surface area contributed by atoms with Gasteiger partial charge in [0.1, 0.15) is 0 Å². The molecule has 0 aromatic carbocycles. The first-order valence-corrected chi connectivity index (χ1v) is 31.2. The Morgan fingerprint density at radius 3 is 0.394 bits per heavy atom. The van der Waals surface area contributed by atoms with Gasteiger partial charge in [-0.25, -0.2) is 0 Å². The van der Waals surface area contributed by atoms with Gasteiger partial charge in [-0.1, -0.05) is 163 Å². The third-order valence-electron chi connectivity index (χ3n) is 28.9. The third kappa shape index (κ3) is 9.00. The average molecular weight is 914 g/mol. The van der Waals surface area contributed by atoms with Crippen molar-refractivity contribution < 1.29 is 0 Å². The smallest absolute Gasteiger partial charge is 0.0266 e. The summed E-state index contributed by atoms with van der Waals surface area (Å²) in [7, 11) is 0. The molecule has 0 heterocycles. The van der Waals surface area contributed by atoms with Crippen LogP contribution in [0.3, 0.4) is 0 Å². The van der Waals surface area contributed by atoms with Crippen LogP contribution in [0.2, 0.25) is 0 Å². The molecule has 0 N–H and O–H groups in total. The molecule has 7 rings (SSSR count). The lowest BCUT2D eigenvalue weighted by atomic mass is 9.57. The summed E-state index contributed by atoms with van der Waals surface area (Å²) >= 11 is 0. The van der Waals surface area contributed by atoms with Crippen LogP contribution in [0.5, 0.6) is 0 Å². The minimum atomic E-state index is 0.518. The molecule has 0 amide bonds. The molecule has 7 aliphatic rings. The van der Waals surface area contributed by atoms with Gasteiger partial charge in [-0.3, -0.25) is 0 Å². The lowest BCUT2D eigenvalue weighted by molar-refractivity contribution is 0.0193. The van der Waals surface area contributed by atoms with Crippen molar-refractivity contribution in [3.8, 4) is 0 Å². The van der Waals surface area contributed by atoms with E-state index in [2.05, 4.69) is 125 Å². The SMILES string of the molecule is CC[C@H]1CC2(CCC3(CCC4(CCC5(CCC6(CCC7(CC2)C[C@H](CC)C(C)[C@H]7C)C[C@H](CC)C(C)[C@H]6C)C[C@H](CC)C(C)[C@H]5C)C[C@H](CC)C(C)[C@H]4C)C[C@H](CC)C(C)[C@H]3C)[C@H](C)C1C. The predicted molar refractivity (Wildman–Crippen MR) is 290 cm³/mol. The highest BCUT2D eigenvalue weighted by Gasteiger charge is 2.60. The van der Waals surface area contributed by atoms with Crippen LogP contribution in [-0.4, -0.2) is 0 Å². The summed E-state index contributed by atoms with van der Waals surface area (Å²) in [6.07, 6.45) is 35.9. The summed E-state index contributed by atoms with van der Waals surface area (Å²) < 4.78 is 0. The molecule has 6 unspecified atom stereocenters. The Morgan fingerprint density at radius 1 is 0.212 bits per heavy atom. The highest BCUT2D eigenvalue weighted by molar-refractivity contribution is 5.09. The summed E-state index contributed by atoms with van der Waals surface area (Å²) in [6, 6.07) is 0. The number of rotatable bonds is 6. The molecule has 384 valence electrons. The maximum absolute atomic E-state index is 2.81. The van der Waals surface area contributed by atoms with Gasteiger partial charge in [0.25, 0.3) is 0 Å². The van der Waals surface area contributed by atoms with E-state index < -0.39 is 0 Å². The second-order valence-electron chi connectivity index (χ2n) is 29.3. The Bertz CT molecular complexity index is 1230. The zero-order chi connectivity index (χ0) is 48.4. The van der Waals surface area contributed by atoms with Crippen molar-refractivity contribution in [1.29, 1.82) is 0 Å². The van der Waals surface area contributed by atoms with Crippen molar-refractivity contribution in [1.82, 2.24) is 0 Å². The van der Waals surface area contributed by atoms with Gasteiger partial charge in [-0.05, 0) is 255 Å². The zero-order valence-corrected chi connectivity index (χ0v) is 48.4. The van der Waals surface area contributed by atoms with E-state index in [4.69, 9.17) is 0 Å². The van der Waals surface area contributed by atoms with Crippen LogP contribution in [0.25, 0.3) is 0 Å². The fourth-order valence-electron chi connectivity index (χ4n) is 22.0. The molecule has 18 atom stereocenters. The van der Waals surface area contributed by atoms with Gasteiger partial charge < -0.3 is 0 Å². The Labute approximate surface area is 415 Å². The molecule has 0 saturated heterocycles. The van der Waals surface area contributed by atoms with Crippen LogP contribution in [0.1, 0.15) is 279 Å². The van der Waals surface area contributed by atoms with Gasteiger partial charge in [-0.2, -0.15) is 0 Å². The number of hydrogen-bond donors (Lipinski definition) is 0. The predicted octanol–water partition coefficient (Wildman–Crippen LogP) is 20.8. The molecule has 66 heavy (non-hydrogen) atoms. The molecule has 7 saturated carbocycles. The lowest BCUT2D eigenvalue weighted by Gasteiger charge is -2.48. The Kier molecular flexibility index (Phi) is 16.7. The number of hydrogen-bond acceptors (Lipinski definition) is 0. The lowest BCUT2D eigenvalue weighted by Crippen LogP contribution is -2.38. The molecule has 6 spiro atoms. The summed E-state index contributed by atoms with van der Waals surface area (Å²) in [4.78, 5) is 0. The van der Waals surface area contributed by atoms with Crippen molar-refractivity contribution >= 4 is 0 Å². The highest BCUT2D eigenvalue weighted by Crippen LogP contribution is 2.69. The van der Waals surface area contributed by atoms with E-state index in [0.29, 0.717) is 32.5 Å². The molecular formula is C66H120. The molecule has 0 aliphatic heterocycles. The molecule has 7 aliphatic carbocycles. The van der Waals surface area contributed by atoms with Crippen LogP contribution in [-0.2, 0) is 0 Å². The monoisotopic (exact) mass is 913 g/mol. The van der Waals surface area contributed by atoms with Gasteiger partial charge in [0.05, 0.1) is 0 Å². The van der Waals surface area contributed by atoms with E-state index in [0.717, 1.165) is 107 Å². The first kappa shape index (κ1) is 53.8. The Hall–Kier alpha value is 0. The van der Waals surface area contributed by atoms with Crippen molar-refractivity contribution in [3.63, 3.8) is 0 Å². The van der Waals surface area contributed by atoms with E-state index in [9.17, 15) is 0 Å². The van der Waals surface area contributed by atoms with Gasteiger partial charge in [0, 0.05) is 0 Å². The third-order valence-corrected chi connectivity index (χ3v) is 28.9. The maximum atomic E-state index is 2.81. The molecule has 0 aromatic rings. The minimum Gasteiger partial charge on any atom is -0.0651 e. The average Bonchev–Trinajstić information content (AvgIpc) is 4.05. The zero-order valence-electron chi connectivity index (χ0n) is 48.4. The van der Waals surface area contributed by atoms with Crippen molar-refractivity contribution in [2.24, 2.45) is 139 Å². The molecule has 0 bridgehead atoms. The molecule has 0 radical (unpaired) electrons. The molecular weight excluding hydrogens is 793 g/mol. The Morgan fingerprint density at radius 2 is 0.318 bits per heavy atom. The van der Waals surface area contributed by atoms with Gasteiger partial charge in [0.15, 0.2) is 0 Å². The minimum absolute atomic E-state index is 0.518. The Balaban J connectivity index is 1.37. The summed E-state index contributed by atoms with van der Waals surface area (Å²) in [5.41, 5.74) is 3.11. The molecule has 0 heteroatoms. The van der Waals surface area contributed by atoms with E-state index >= 15 is 0 Å². The van der Waals surface area contributed by atoms with E-state index in [1.165, 1.54) is 154 Å². The largest absolute Gasteiger partial charge is 0.0651 e. The standard InChI is InChI=1S/C66H120/c1-19-55-37-61(49(13)43(55)7)25-27-62(38-56(20-2)44(8)50(62)14)29-31-64(40-58(22-4)46(10)52(64)16)33-35-66(42-60(24-6)48(12)54(66)18)36-34-65(41-59(23-5)47(11)53(65)17)32-30-63(28-26-61)39-57(21-3)45(9)51(63)15/h43-60H,19-42H2,1-18H3/t43?,44?,45?,46?,47?,48?,49-,50-,51-,52-,53-,54-,55+,56+,57+,58+,59+,60+,61?,62?,63?,64?,65?,66?/m1/s1. The summed E-state index contributed by atoms with van der Waals surface area (Å²) in [5.74, 6) is 15.9. The fraction of sp³-hybridized carbons (Fsp3) is 1.00. The van der Waals surface area contributed by atoms with Gasteiger partial charge in [-0.15, -0.1) is 0 Å². The van der Waals surface area contributed by atoms with Gasteiger partial charge in [0.2, 0.25) is 0 Å². The van der Waals surface area contributed by atoms with Gasteiger partial charge >= 0.3 is 0 Å². The van der Waals surface area contributed by atoms with Crippen LogP contribution < -0.4 is 0 Å². The van der Waals surface area contributed by atoms with E-state index in [-0.39, 0.29) is 0 Å². The van der Waals surface area contributed by atoms with Crippen LogP contribution in [0.4, 0.5) is 0 Å². The van der Waals surface area contributed by atoms with E-state index in [1.807, 2.05) is 0 Å². The normalized spacial score (nSPS) is 55.4. The van der Waals surface area contributed by atoms with Crippen LogP contribution in [0.15, 0.2) is 0 Å². The first-order chi connectivity index (χ1) is 31.2. The van der Waals surface area contributed by atoms with Crippen LogP contribution >= 0.6 is 0 Å². The molecule has 0 aromatic heterocycles. The van der Waals surface area contributed by atoms with Crippen molar-refractivity contribution in [2.45, 2.75) is 279 Å². The summed E-state index contributed by atoms with van der Waals surface area (Å²) in [5, 5.41) is 0. The highest BCUT2D eigenvalue weighted by atomic mass is 14.6. The van der Waals surface area contributed by atoms with Crippen molar-refractivity contribution in [2.75, 3.05) is 0 Å². The fourth-order valence-corrected chi connectivity index (χ4v) is 22.0. The van der Waals surface area contributed by atoms with Crippen molar-refractivity contribution in [3.05, 3.63) is 0 Å². The van der Waals surface area contributed by atoms with E-state index in [1.54, 1.807) is 0 Å². The maximum Gasteiger partial charge on any atom is -0.0266 e. The molecule has 0 nitrogen and oxygen atoms in total. The second-order valence-corrected chi connectivity index (χ2v) is 29.3. The quantitative estimate of drug-likeness (QED) is 0.249. The second kappa shape index (κ2) is 20.5. The van der Waals surface area contributed by atoms with Crippen LogP contribution in [0, 0.1) is 139 Å². The molecule has 7 fully saturated rings. The topological polar surface area (TPSA) is 0 Å². The summed E-state index contributed by atoms with van der Waals surface area (Å²) in [6.45, 7) is 48.6.